The number of carbonyl (C=O) groups is 3. The molecule has 0 aliphatic rings. The average Bonchev–Trinajstić information content (AvgIpc) is 2.55. The Morgan fingerprint density at radius 1 is 1.00 bits per heavy atom. The number of nitrogens with one attached hydrogen (secondary N) is 2. The largest absolute Gasteiger partial charge is 0.480 e. The van der Waals surface area contributed by atoms with Gasteiger partial charge >= 0.3 is 5.97 Å². The molecule has 11 nitrogen and oxygen atoms in total. The van der Waals surface area contributed by atoms with E-state index >= 15 is 0 Å². The van der Waals surface area contributed by atoms with E-state index in [-0.39, 0.29) is 42.4 Å². The Bertz CT molecular complexity index is 499. The summed E-state index contributed by atoms with van der Waals surface area (Å²) in [7, 11) is 0. The van der Waals surface area contributed by atoms with E-state index in [0.29, 0.717) is 25.8 Å². The van der Waals surface area contributed by atoms with Gasteiger partial charge in [0.1, 0.15) is 12.1 Å². The normalized spacial score (nSPS) is 13.4. The fourth-order valence-electron chi connectivity index (χ4n) is 2.10. The monoisotopic (exact) mass is 428 g/mol. The molecule has 0 aromatic carbocycles. The first-order chi connectivity index (χ1) is 12.2. The van der Waals surface area contributed by atoms with Gasteiger partial charge in [0.2, 0.25) is 11.8 Å². The van der Waals surface area contributed by atoms with Crippen LogP contribution in [-0.4, -0.2) is 60.1 Å². The third kappa shape index (κ3) is 13.0. The van der Waals surface area contributed by atoms with Gasteiger partial charge in [0, 0.05) is 23.6 Å². The number of carboxylic acid groups (broad SMARTS) is 1. The predicted molar refractivity (Wildman–Crippen MR) is 98.0 cm³/mol. The number of amides is 2. The molecule has 0 saturated heterocycles. The first-order valence-electron chi connectivity index (χ1n) is 8.53. The molecular weight excluding hydrogens is 397 g/mol. The van der Waals surface area contributed by atoms with E-state index in [9.17, 15) is 19.5 Å². The van der Waals surface area contributed by atoms with Gasteiger partial charge in [-0.15, -0.1) is 0 Å². The number of hydrogen-bond donors (Lipinski definition) is 7. The Labute approximate surface area is 169 Å². The van der Waals surface area contributed by atoms with Crippen LogP contribution in [0.2, 0.25) is 0 Å². The number of guanidine groups is 1. The van der Waals surface area contributed by atoms with Crippen molar-refractivity contribution in [2.75, 3.05) is 13.1 Å². The summed E-state index contributed by atoms with van der Waals surface area (Å²) in [5.74, 6) is -2.32. The van der Waals surface area contributed by atoms with Gasteiger partial charge in [0.05, 0.1) is 6.04 Å². The molecule has 3 atom stereocenters. The maximum absolute atomic E-state index is 12.4. The van der Waals surface area contributed by atoms with Crippen LogP contribution in [-0.2, 0) is 31.5 Å². The average molecular weight is 428 g/mol. The Hall–Kier alpha value is -1.88. The fraction of sp³-hybridized carbons (Fsp3) is 0.733. The molecule has 0 bridgehead atoms. The molecule has 11 N–H and O–H groups in total. The number of hydrogen-bond acceptors (Lipinski definition) is 6. The summed E-state index contributed by atoms with van der Waals surface area (Å²) in [5, 5.41) is 14.2. The van der Waals surface area contributed by atoms with E-state index in [2.05, 4.69) is 15.6 Å². The van der Waals surface area contributed by atoms with Crippen LogP contribution in [0.3, 0.4) is 0 Å². The molecule has 157 valence electrons. The summed E-state index contributed by atoms with van der Waals surface area (Å²) >= 11 is 0. The van der Waals surface area contributed by atoms with Crippen molar-refractivity contribution in [1.82, 2.24) is 10.6 Å². The predicted octanol–water partition coefficient (Wildman–Crippen LogP) is -2.43. The second-order valence-electron chi connectivity index (χ2n) is 5.98. The minimum Gasteiger partial charge on any atom is -0.480 e. The zero-order chi connectivity index (χ0) is 20.1. The van der Waals surface area contributed by atoms with E-state index in [1.165, 1.54) is 6.92 Å². The number of carbonyl (C=O) groups excluding carboxylic acids is 2. The second-order valence-corrected chi connectivity index (χ2v) is 5.98. The van der Waals surface area contributed by atoms with Crippen molar-refractivity contribution < 1.29 is 36.6 Å². The van der Waals surface area contributed by atoms with Gasteiger partial charge in [0.25, 0.3) is 0 Å². The molecule has 0 fully saturated rings. The van der Waals surface area contributed by atoms with Crippen molar-refractivity contribution in [3.05, 3.63) is 0 Å². The van der Waals surface area contributed by atoms with Gasteiger partial charge in [-0.2, -0.15) is 0 Å². The molecule has 2 amide bonds. The number of rotatable bonds is 13. The molecule has 0 aliphatic heterocycles. The maximum Gasteiger partial charge on any atom is 0.326 e. The SMILES string of the molecule is CC(N)C(=O)NC(CCCN=C(N)N)C(=O)NC(CCCCN)C(=O)O.[Mn]. The number of unbranched alkanes of at least 4 members (excludes halogenated alkanes) is 1. The summed E-state index contributed by atoms with van der Waals surface area (Å²) in [5.41, 5.74) is 21.4. The van der Waals surface area contributed by atoms with Gasteiger partial charge in [0.15, 0.2) is 5.96 Å². The van der Waals surface area contributed by atoms with Crippen molar-refractivity contribution in [3.8, 4) is 0 Å². The summed E-state index contributed by atoms with van der Waals surface area (Å²) < 4.78 is 0. The summed E-state index contributed by atoms with van der Waals surface area (Å²) in [6.07, 6.45) is 2.12. The van der Waals surface area contributed by atoms with Gasteiger partial charge in [-0.25, -0.2) is 4.79 Å². The topological polar surface area (TPSA) is 212 Å². The minimum atomic E-state index is -1.15. The second kappa shape index (κ2) is 15.2. The minimum absolute atomic E-state index is 0. The Morgan fingerprint density at radius 3 is 2.04 bits per heavy atom. The van der Waals surface area contributed by atoms with Crippen LogP contribution in [0.25, 0.3) is 0 Å². The molecule has 1 radical (unpaired) electrons. The molecule has 0 aliphatic carbocycles. The molecular formula is C15H31MnN7O4. The molecule has 0 heterocycles. The number of nitrogens with zero attached hydrogens (tertiary/aromatic N) is 1. The van der Waals surface area contributed by atoms with Crippen LogP contribution in [0.1, 0.15) is 39.0 Å². The zero-order valence-electron chi connectivity index (χ0n) is 15.5. The van der Waals surface area contributed by atoms with Crippen LogP contribution >= 0.6 is 0 Å². The fourth-order valence-corrected chi connectivity index (χ4v) is 2.10. The zero-order valence-corrected chi connectivity index (χ0v) is 16.7. The van der Waals surface area contributed by atoms with Gasteiger partial charge in [-0.3, -0.25) is 14.6 Å². The van der Waals surface area contributed by atoms with Crippen LogP contribution in [0.5, 0.6) is 0 Å². The van der Waals surface area contributed by atoms with E-state index < -0.39 is 35.9 Å². The molecule has 0 aromatic rings. The quantitative estimate of drug-likeness (QED) is 0.0723. The van der Waals surface area contributed by atoms with E-state index in [0.717, 1.165) is 0 Å². The maximum atomic E-state index is 12.4. The van der Waals surface area contributed by atoms with Crippen LogP contribution in [0.15, 0.2) is 4.99 Å². The molecule has 0 spiro atoms. The number of carboxylic acids is 1. The number of aliphatic carboxylic acids is 1. The van der Waals surface area contributed by atoms with Crippen LogP contribution in [0.4, 0.5) is 0 Å². The molecule has 12 heteroatoms. The third-order valence-electron chi connectivity index (χ3n) is 3.55. The molecule has 0 rings (SSSR count). The van der Waals surface area contributed by atoms with Gasteiger partial charge < -0.3 is 38.7 Å². The smallest absolute Gasteiger partial charge is 0.326 e. The molecule has 3 unspecified atom stereocenters. The van der Waals surface area contributed by atoms with E-state index in [4.69, 9.17) is 22.9 Å². The van der Waals surface area contributed by atoms with Crippen molar-refractivity contribution in [2.45, 2.75) is 57.2 Å². The van der Waals surface area contributed by atoms with Crippen molar-refractivity contribution >= 4 is 23.7 Å². The summed E-state index contributed by atoms with van der Waals surface area (Å²) in [6, 6.07) is -2.79. The first kappa shape index (κ1) is 27.3. The van der Waals surface area contributed by atoms with Crippen LogP contribution < -0.4 is 33.6 Å². The van der Waals surface area contributed by atoms with E-state index in [1.54, 1.807) is 0 Å². The number of aliphatic imine (C=N–C) groups is 1. The standard InChI is InChI=1S/C15H31N7O4.Mn/c1-9(17)12(23)21-10(6-4-8-20-15(18)19)13(24)22-11(14(25)26)5-2-3-7-16;/h9-11H,2-8,16-17H2,1H3,(H,21,23)(H,22,24)(H,25,26)(H4,18,19,20);. The molecule has 0 saturated carbocycles. The summed E-state index contributed by atoms with van der Waals surface area (Å²) in [4.78, 5) is 39.4. The third-order valence-corrected chi connectivity index (χ3v) is 3.55. The van der Waals surface area contributed by atoms with Crippen molar-refractivity contribution in [1.29, 1.82) is 0 Å². The van der Waals surface area contributed by atoms with Crippen LogP contribution in [0, 0.1) is 0 Å². The summed E-state index contributed by atoms with van der Waals surface area (Å²) in [6.45, 7) is 2.20. The molecule has 0 aromatic heterocycles. The van der Waals surface area contributed by atoms with Crippen molar-refractivity contribution in [3.63, 3.8) is 0 Å². The Kier molecular flexibility index (Phi) is 15.4. The Morgan fingerprint density at radius 2 is 1.56 bits per heavy atom. The number of nitrogens with two attached hydrogens (primary N) is 4. The van der Waals surface area contributed by atoms with Gasteiger partial charge in [-0.1, -0.05) is 0 Å². The van der Waals surface area contributed by atoms with Gasteiger partial charge in [-0.05, 0) is 45.6 Å². The molecule has 27 heavy (non-hydrogen) atoms. The van der Waals surface area contributed by atoms with E-state index in [1.807, 2.05) is 0 Å². The Balaban J connectivity index is 0. The first-order valence-corrected chi connectivity index (χ1v) is 8.53. The van der Waals surface area contributed by atoms with Crippen molar-refractivity contribution in [2.24, 2.45) is 27.9 Å².